The number of methoxy groups -OCH3 is 1. The topological polar surface area (TPSA) is 59.4 Å². The first-order chi connectivity index (χ1) is 13.1. The zero-order chi connectivity index (χ0) is 18.8. The van der Waals surface area contributed by atoms with Gasteiger partial charge in [-0.2, -0.15) is 0 Å². The van der Waals surface area contributed by atoms with Gasteiger partial charge in [0.1, 0.15) is 11.6 Å². The first-order valence-electron chi connectivity index (χ1n) is 9.24. The van der Waals surface area contributed by atoms with Crippen LogP contribution in [0.15, 0.2) is 42.5 Å². The van der Waals surface area contributed by atoms with Gasteiger partial charge >= 0.3 is 0 Å². The molecule has 2 aromatic carbocycles. The highest BCUT2D eigenvalue weighted by Crippen LogP contribution is 2.24. The number of carbonyl (C=O) groups is 1. The molecular formula is C21H24N4O2. The number of nitrogens with zero attached hydrogens (tertiary/aromatic N) is 3. The van der Waals surface area contributed by atoms with E-state index in [9.17, 15) is 4.79 Å². The van der Waals surface area contributed by atoms with E-state index in [1.165, 1.54) is 12.5 Å². The first-order valence-corrected chi connectivity index (χ1v) is 9.24. The smallest absolute Gasteiger partial charge is 0.221 e. The van der Waals surface area contributed by atoms with E-state index in [1.807, 2.05) is 30.3 Å². The SMILES string of the molecule is COc1ccc(CCN2CCn3c(nc4cc(NC(C)=O)ccc43)C2)cc1. The van der Waals surface area contributed by atoms with Crippen LogP contribution in [0.3, 0.4) is 0 Å². The van der Waals surface area contributed by atoms with Crippen LogP contribution < -0.4 is 10.1 Å². The summed E-state index contributed by atoms with van der Waals surface area (Å²) < 4.78 is 7.50. The van der Waals surface area contributed by atoms with Crippen molar-refractivity contribution in [2.24, 2.45) is 0 Å². The zero-order valence-electron chi connectivity index (χ0n) is 15.7. The normalized spacial score (nSPS) is 14.1. The van der Waals surface area contributed by atoms with Gasteiger partial charge in [-0.1, -0.05) is 12.1 Å². The summed E-state index contributed by atoms with van der Waals surface area (Å²) in [6.45, 7) is 5.33. The summed E-state index contributed by atoms with van der Waals surface area (Å²) in [5.74, 6) is 1.91. The maximum atomic E-state index is 11.3. The van der Waals surface area contributed by atoms with Gasteiger partial charge in [0.05, 0.1) is 24.7 Å². The van der Waals surface area contributed by atoms with Crippen LogP contribution in [0.4, 0.5) is 5.69 Å². The van der Waals surface area contributed by atoms with Crippen LogP contribution in [0.5, 0.6) is 5.75 Å². The predicted octanol–water partition coefficient (Wildman–Crippen LogP) is 3.06. The minimum Gasteiger partial charge on any atom is -0.497 e. The summed E-state index contributed by atoms with van der Waals surface area (Å²) in [4.78, 5) is 18.5. The number of carbonyl (C=O) groups excluding carboxylic acids is 1. The summed E-state index contributed by atoms with van der Waals surface area (Å²) in [7, 11) is 1.69. The maximum absolute atomic E-state index is 11.3. The second-order valence-corrected chi connectivity index (χ2v) is 6.94. The van der Waals surface area contributed by atoms with Crippen LogP contribution in [0.1, 0.15) is 18.3 Å². The quantitative estimate of drug-likeness (QED) is 0.756. The number of fused-ring (bicyclic) bond motifs is 3. The predicted molar refractivity (Wildman–Crippen MR) is 106 cm³/mol. The Hall–Kier alpha value is -2.86. The summed E-state index contributed by atoms with van der Waals surface area (Å²) in [5, 5.41) is 2.83. The van der Waals surface area contributed by atoms with Crippen molar-refractivity contribution in [1.82, 2.24) is 14.5 Å². The van der Waals surface area contributed by atoms with Gasteiger partial charge in [0.15, 0.2) is 0 Å². The molecule has 4 rings (SSSR count). The number of imidazole rings is 1. The van der Waals surface area contributed by atoms with Gasteiger partial charge in [-0.25, -0.2) is 4.98 Å². The molecule has 27 heavy (non-hydrogen) atoms. The fraction of sp³-hybridized carbons (Fsp3) is 0.333. The van der Waals surface area contributed by atoms with Crippen LogP contribution in [-0.4, -0.2) is 40.6 Å². The molecule has 140 valence electrons. The average Bonchev–Trinajstić information content (AvgIpc) is 3.03. The van der Waals surface area contributed by atoms with Crippen molar-refractivity contribution >= 4 is 22.6 Å². The molecule has 2 heterocycles. The van der Waals surface area contributed by atoms with Gasteiger partial charge in [-0.05, 0) is 42.3 Å². The second-order valence-electron chi connectivity index (χ2n) is 6.94. The van der Waals surface area contributed by atoms with E-state index < -0.39 is 0 Å². The van der Waals surface area contributed by atoms with E-state index in [-0.39, 0.29) is 5.91 Å². The van der Waals surface area contributed by atoms with Gasteiger partial charge in [0.25, 0.3) is 0 Å². The summed E-state index contributed by atoms with van der Waals surface area (Å²) in [6.07, 6.45) is 1.01. The highest BCUT2D eigenvalue weighted by atomic mass is 16.5. The number of aromatic nitrogens is 2. The number of amides is 1. The maximum Gasteiger partial charge on any atom is 0.221 e. The number of ether oxygens (including phenoxy) is 1. The fourth-order valence-corrected chi connectivity index (χ4v) is 3.62. The van der Waals surface area contributed by atoms with Crippen molar-refractivity contribution in [1.29, 1.82) is 0 Å². The second kappa shape index (κ2) is 7.40. The lowest BCUT2D eigenvalue weighted by molar-refractivity contribution is -0.114. The number of nitrogens with one attached hydrogen (secondary N) is 1. The van der Waals surface area contributed by atoms with E-state index in [4.69, 9.17) is 9.72 Å². The van der Waals surface area contributed by atoms with E-state index in [0.29, 0.717) is 0 Å². The highest BCUT2D eigenvalue weighted by molar-refractivity contribution is 5.91. The standard InChI is InChI=1S/C21H24N4O2/c1-15(26)22-17-5-8-20-19(13-17)23-21-14-24(11-12-25(20)21)10-9-16-3-6-18(27-2)7-4-16/h3-8,13H,9-12,14H2,1-2H3,(H,22,26). The zero-order valence-corrected chi connectivity index (χ0v) is 15.7. The Morgan fingerprint density at radius 1 is 1.19 bits per heavy atom. The number of anilines is 1. The Bertz CT molecular complexity index is 962. The fourth-order valence-electron chi connectivity index (χ4n) is 3.62. The van der Waals surface area contributed by atoms with Gasteiger partial charge < -0.3 is 14.6 Å². The average molecular weight is 364 g/mol. The molecule has 0 saturated carbocycles. The van der Waals surface area contributed by atoms with Crippen molar-refractivity contribution in [3.63, 3.8) is 0 Å². The molecule has 0 radical (unpaired) electrons. The molecule has 0 aliphatic carbocycles. The molecule has 0 atom stereocenters. The molecule has 1 aromatic heterocycles. The number of hydrogen-bond acceptors (Lipinski definition) is 4. The molecule has 1 aliphatic rings. The molecule has 0 fully saturated rings. The third kappa shape index (κ3) is 3.80. The monoisotopic (exact) mass is 364 g/mol. The van der Waals surface area contributed by atoms with Crippen LogP contribution >= 0.6 is 0 Å². The molecule has 6 heteroatoms. The molecule has 1 amide bonds. The van der Waals surface area contributed by atoms with Crippen LogP contribution in [0.25, 0.3) is 11.0 Å². The van der Waals surface area contributed by atoms with Crippen molar-refractivity contribution in [3.8, 4) is 5.75 Å². The largest absolute Gasteiger partial charge is 0.497 e. The Morgan fingerprint density at radius 2 is 2.00 bits per heavy atom. The molecule has 0 bridgehead atoms. The van der Waals surface area contributed by atoms with Gasteiger partial charge in [-0.15, -0.1) is 0 Å². The van der Waals surface area contributed by atoms with Crippen molar-refractivity contribution in [2.45, 2.75) is 26.4 Å². The number of benzene rings is 2. The number of hydrogen-bond donors (Lipinski definition) is 1. The summed E-state index contributed by atoms with van der Waals surface area (Å²) in [5.41, 5.74) is 4.18. The third-order valence-corrected chi connectivity index (χ3v) is 5.03. The summed E-state index contributed by atoms with van der Waals surface area (Å²) >= 11 is 0. The van der Waals surface area contributed by atoms with Crippen LogP contribution in [0.2, 0.25) is 0 Å². The van der Waals surface area contributed by atoms with Gasteiger partial charge in [-0.3, -0.25) is 9.69 Å². The van der Waals surface area contributed by atoms with E-state index in [0.717, 1.165) is 60.9 Å². The first kappa shape index (κ1) is 17.5. The Kier molecular flexibility index (Phi) is 4.81. The summed E-state index contributed by atoms with van der Waals surface area (Å²) in [6, 6.07) is 14.2. The molecule has 3 aromatic rings. The Morgan fingerprint density at radius 3 is 2.74 bits per heavy atom. The molecule has 1 aliphatic heterocycles. The third-order valence-electron chi connectivity index (χ3n) is 5.03. The lowest BCUT2D eigenvalue weighted by Gasteiger charge is -2.27. The van der Waals surface area contributed by atoms with Crippen molar-refractivity contribution in [2.75, 3.05) is 25.5 Å². The highest BCUT2D eigenvalue weighted by Gasteiger charge is 2.20. The Labute approximate surface area is 158 Å². The van der Waals surface area contributed by atoms with Crippen LogP contribution in [-0.2, 0) is 24.3 Å². The van der Waals surface area contributed by atoms with Gasteiger partial charge in [0, 0.05) is 32.2 Å². The van der Waals surface area contributed by atoms with E-state index >= 15 is 0 Å². The molecule has 0 unspecified atom stereocenters. The lowest BCUT2D eigenvalue weighted by atomic mass is 10.1. The molecular weight excluding hydrogens is 340 g/mol. The van der Waals surface area contributed by atoms with Crippen LogP contribution in [0, 0.1) is 0 Å². The molecule has 0 spiro atoms. The molecule has 1 N–H and O–H groups in total. The molecule has 6 nitrogen and oxygen atoms in total. The van der Waals surface area contributed by atoms with Crippen molar-refractivity contribution < 1.29 is 9.53 Å². The lowest BCUT2D eigenvalue weighted by Crippen LogP contribution is -2.35. The Balaban J connectivity index is 1.44. The van der Waals surface area contributed by atoms with Gasteiger partial charge in [0.2, 0.25) is 5.91 Å². The van der Waals surface area contributed by atoms with E-state index in [2.05, 4.69) is 26.9 Å². The number of rotatable bonds is 5. The molecule has 0 saturated heterocycles. The minimum absolute atomic E-state index is 0.0666. The minimum atomic E-state index is -0.0666. The van der Waals surface area contributed by atoms with E-state index in [1.54, 1.807) is 7.11 Å². The van der Waals surface area contributed by atoms with Crippen molar-refractivity contribution in [3.05, 3.63) is 53.9 Å².